The molecular weight excluding hydrogens is 202 g/mol. The lowest BCUT2D eigenvalue weighted by atomic mass is 9.49. The van der Waals surface area contributed by atoms with Gasteiger partial charge in [0.2, 0.25) is 5.91 Å². The van der Waals surface area contributed by atoms with Crippen LogP contribution in [0, 0.1) is 17.3 Å². The SMILES string of the molecule is CCC(=O)N1CC2CC(C1C(C)=O)C2(C)C. The second-order valence-electron chi connectivity index (χ2n) is 5.82. The predicted octanol–water partition coefficient (Wildman–Crippen LogP) is 1.86. The number of carbonyl (C=O) groups is 2. The van der Waals surface area contributed by atoms with Crippen molar-refractivity contribution in [2.75, 3.05) is 6.54 Å². The summed E-state index contributed by atoms with van der Waals surface area (Å²) in [4.78, 5) is 25.4. The molecule has 0 radical (unpaired) electrons. The summed E-state index contributed by atoms with van der Waals surface area (Å²) in [5, 5.41) is 0. The molecule has 2 heterocycles. The van der Waals surface area contributed by atoms with E-state index >= 15 is 0 Å². The molecule has 2 bridgehead atoms. The number of carbonyl (C=O) groups excluding carboxylic acids is 2. The zero-order valence-electron chi connectivity index (χ0n) is 10.6. The number of nitrogens with zero attached hydrogens (tertiary/aromatic N) is 1. The zero-order valence-corrected chi connectivity index (χ0v) is 10.6. The lowest BCUT2D eigenvalue weighted by Gasteiger charge is -2.62. The van der Waals surface area contributed by atoms with Gasteiger partial charge < -0.3 is 4.90 Å². The van der Waals surface area contributed by atoms with Crippen LogP contribution in [-0.2, 0) is 9.59 Å². The van der Waals surface area contributed by atoms with Gasteiger partial charge in [-0.15, -0.1) is 0 Å². The molecule has 3 atom stereocenters. The van der Waals surface area contributed by atoms with Gasteiger partial charge in [0.05, 0.1) is 6.04 Å². The van der Waals surface area contributed by atoms with Crippen molar-refractivity contribution in [1.82, 2.24) is 4.90 Å². The molecule has 3 nitrogen and oxygen atoms in total. The van der Waals surface area contributed by atoms with Crippen LogP contribution in [0.25, 0.3) is 0 Å². The number of hydrogen-bond donors (Lipinski definition) is 0. The minimum atomic E-state index is -0.160. The highest BCUT2D eigenvalue weighted by Gasteiger charge is 2.59. The Morgan fingerprint density at radius 2 is 2.00 bits per heavy atom. The Kier molecular flexibility index (Phi) is 2.59. The Hall–Kier alpha value is -0.860. The molecule has 3 aliphatic rings. The number of Topliss-reactive ketones (excluding diaryl/α,β-unsaturated/α-hetero) is 1. The molecule has 16 heavy (non-hydrogen) atoms. The lowest BCUT2D eigenvalue weighted by molar-refractivity contribution is -0.174. The van der Waals surface area contributed by atoms with Gasteiger partial charge in [-0.1, -0.05) is 20.8 Å². The molecule has 0 N–H and O–H groups in total. The van der Waals surface area contributed by atoms with Crippen molar-refractivity contribution in [2.45, 2.75) is 46.6 Å². The van der Waals surface area contributed by atoms with Gasteiger partial charge in [-0.25, -0.2) is 0 Å². The molecule has 3 fully saturated rings. The Balaban J connectivity index is 2.25. The minimum absolute atomic E-state index is 0.130. The van der Waals surface area contributed by atoms with Gasteiger partial charge in [0, 0.05) is 13.0 Å². The first-order valence-electron chi connectivity index (χ1n) is 6.19. The molecule has 1 aliphatic carbocycles. The molecule has 0 spiro atoms. The number of fused-ring (bicyclic) bond motifs is 2. The lowest BCUT2D eigenvalue weighted by Crippen LogP contribution is -2.68. The van der Waals surface area contributed by atoms with E-state index in [1.807, 2.05) is 11.8 Å². The third kappa shape index (κ3) is 1.40. The van der Waals surface area contributed by atoms with E-state index in [9.17, 15) is 9.59 Å². The van der Waals surface area contributed by atoms with Gasteiger partial charge >= 0.3 is 0 Å². The summed E-state index contributed by atoms with van der Waals surface area (Å²) in [6.07, 6.45) is 1.62. The number of piperidine rings is 2. The fourth-order valence-corrected chi connectivity index (χ4v) is 3.43. The molecule has 1 amide bonds. The maximum Gasteiger partial charge on any atom is 0.222 e. The summed E-state index contributed by atoms with van der Waals surface area (Å²) >= 11 is 0. The summed E-state index contributed by atoms with van der Waals surface area (Å²) in [7, 11) is 0. The van der Waals surface area contributed by atoms with Crippen LogP contribution in [0.15, 0.2) is 0 Å². The number of rotatable bonds is 2. The van der Waals surface area contributed by atoms with Crippen molar-refractivity contribution in [3.05, 3.63) is 0 Å². The molecule has 3 rings (SSSR count). The van der Waals surface area contributed by atoms with Gasteiger partial charge in [0.25, 0.3) is 0 Å². The van der Waals surface area contributed by atoms with Gasteiger partial charge in [-0.2, -0.15) is 0 Å². The molecule has 0 aromatic rings. The number of amides is 1. The highest BCUT2D eigenvalue weighted by molar-refractivity contribution is 5.88. The van der Waals surface area contributed by atoms with Crippen molar-refractivity contribution in [2.24, 2.45) is 17.3 Å². The van der Waals surface area contributed by atoms with E-state index in [1.165, 1.54) is 0 Å². The van der Waals surface area contributed by atoms with Crippen molar-refractivity contribution in [3.8, 4) is 0 Å². The summed E-state index contributed by atoms with van der Waals surface area (Å²) < 4.78 is 0. The molecule has 2 saturated heterocycles. The second-order valence-corrected chi connectivity index (χ2v) is 5.82. The zero-order chi connectivity index (χ0) is 12.1. The Labute approximate surface area is 97.2 Å². The van der Waals surface area contributed by atoms with Gasteiger partial charge in [0.15, 0.2) is 5.78 Å². The van der Waals surface area contributed by atoms with E-state index in [-0.39, 0.29) is 23.1 Å². The monoisotopic (exact) mass is 223 g/mol. The molecule has 0 aromatic carbocycles. The number of hydrogen-bond acceptors (Lipinski definition) is 2. The van der Waals surface area contributed by atoms with Gasteiger partial charge in [-0.3, -0.25) is 9.59 Å². The van der Waals surface area contributed by atoms with E-state index in [1.54, 1.807) is 6.92 Å². The van der Waals surface area contributed by atoms with Crippen LogP contribution in [0.3, 0.4) is 0 Å². The fraction of sp³-hybridized carbons (Fsp3) is 0.846. The van der Waals surface area contributed by atoms with Crippen molar-refractivity contribution >= 4 is 11.7 Å². The third-order valence-electron chi connectivity index (χ3n) is 4.72. The fourth-order valence-electron chi connectivity index (χ4n) is 3.43. The van der Waals surface area contributed by atoms with Crippen LogP contribution in [0.5, 0.6) is 0 Å². The van der Waals surface area contributed by atoms with Crippen molar-refractivity contribution < 1.29 is 9.59 Å². The first-order chi connectivity index (χ1) is 7.39. The molecule has 1 saturated carbocycles. The summed E-state index contributed by atoms with van der Waals surface area (Å²) in [5.41, 5.74) is 0.237. The van der Waals surface area contributed by atoms with Crippen molar-refractivity contribution in [3.63, 3.8) is 0 Å². The maximum atomic E-state index is 11.8. The Bertz CT molecular complexity index is 335. The molecule has 0 aromatic heterocycles. The summed E-state index contributed by atoms with van der Waals surface area (Å²) in [5.74, 6) is 1.24. The van der Waals surface area contributed by atoms with Gasteiger partial charge in [0.1, 0.15) is 0 Å². The molecular formula is C13H21NO2. The standard InChI is InChI=1S/C13H21NO2/c1-5-11(16)14-7-9-6-10(13(9,3)4)12(14)8(2)15/h9-10,12H,5-7H2,1-4H3. The Morgan fingerprint density at radius 3 is 2.44 bits per heavy atom. The van der Waals surface area contributed by atoms with Crippen LogP contribution in [0.2, 0.25) is 0 Å². The molecule has 2 aliphatic heterocycles. The summed E-state index contributed by atoms with van der Waals surface area (Å²) in [6, 6.07) is -0.160. The van der Waals surface area contributed by atoms with E-state index in [0.717, 1.165) is 13.0 Å². The van der Waals surface area contributed by atoms with Crippen LogP contribution < -0.4 is 0 Å². The molecule has 90 valence electrons. The second kappa shape index (κ2) is 3.57. The van der Waals surface area contributed by atoms with Crippen LogP contribution in [0.1, 0.15) is 40.5 Å². The van der Waals surface area contributed by atoms with Gasteiger partial charge in [-0.05, 0) is 30.6 Å². The molecule has 3 unspecified atom stereocenters. The maximum absolute atomic E-state index is 11.8. The van der Waals surface area contributed by atoms with E-state index in [0.29, 0.717) is 18.3 Å². The van der Waals surface area contributed by atoms with Crippen LogP contribution in [0.4, 0.5) is 0 Å². The topological polar surface area (TPSA) is 37.4 Å². The van der Waals surface area contributed by atoms with Crippen LogP contribution in [-0.4, -0.2) is 29.2 Å². The average Bonchev–Trinajstić information content (AvgIpc) is 2.26. The van der Waals surface area contributed by atoms with E-state index in [2.05, 4.69) is 13.8 Å². The molecule has 3 heteroatoms. The highest BCUT2D eigenvalue weighted by Crippen LogP contribution is 2.57. The first kappa shape index (κ1) is 11.6. The average molecular weight is 223 g/mol. The summed E-state index contributed by atoms with van der Waals surface area (Å²) in [6.45, 7) is 8.73. The van der Waals surface area contributed by atoms with E-state index < -0.39 is 0 Å². The van der Waals surface area contributed by atoms with Crippen LogP contribution >= 0.6 is 0 Å². The third-order valence-corrected chi connectivity index (χ3v) is 4.72. The highest BCUT2D eigenvalue weighted by atomic mass is 16.2. The number of ketones is 1. The minimum Gasteiger partial charge on any atom is -0.332 e. The van der Waals surface area contributed by atoms with Crippen molar-refractivity contribution in [1.29, 1.82) is 0 Å². The largest absolute Gasteiger partial charge is 0.332 e. The predicted molar refractivity (Wildman–Crippen MR) is 61.9 cm³/mol. The normalized spacial score (nSPS) is 35.5. The first-order valence-corrected chi connectivity index (χ1v) is 6.19. The smallest absolute Gasteiger partial charge is 0.222 e. The van der Waals surface area contributed by atoms with E-state index in [4.69, 9.17) is 0 Å². The Morgan fingerprint density at radius 1 is 1.38 bits per heavy atom. The quantitative estimate of drug-likeness (QED) is 0.716.